The fourth-order valence-electron chi connectivity index (χ4n) is 4.07. The van der Waals surface area contributed by atoms with E-state index in [9.17, 15) is 4.79 Å². The first kappa shape index (κ1) is 21.6. The molecule has 8 heteroatoms. The smallest absolute Gasteiger partial charge is 0.248 e. The lowest BCUT2D eigenvalue weighted by atomic mass is 10.00. The van der Waals surface area contributed by atoms with Crippen molar-refractivity contribution in [2.24, 2.45) is 0 Å². The fourth-order valence-corrected chi connectivity index (χ4v) is 4.07. The van der Waals surface area contributed by atoms with E-state index in [2.05, 4.69) is 32.8 Å². The van der Waals surface area contributed by atoms with Gasteiger partial charge in [-0.2, -0.15) is 5.10 Å². The average molecular weight is 448 g/mol. The summed E-state index contributed by atoms with van der Waals surface area (Å²) in [5, 5.41) is 10.6. The first-order valence-corrected chi connectivity index (χ1v) is 11.4. The van der Waals surface area contributed by atoms with Crippen LogP contribution < -0.4 is 10.6 Å². The minimum Gasteiger partial charge on any atom is -0.387 e. The molecule has 0 saturated carbocycles. The van der Waals surface area contributed by atoms with E-state index in [1.165, 1.54) is 5.56 Å². The van der Waals surface area contributed by atoms with E-state index in [1.54, 1.807) is 6.08 Å². The minimum absolute atomic E-state index is 0.153. The van der Waals surface area contributed by atoms with Gasteiger partial charge in [0.15, 0.2) is 0 Å². The van der Waals surface area contributed by atoms with Gasteiger partial charge in [-0.25, -0.2) is 0 Å². The van der Waals surface area contributed by atoms with Crippen molar-refractivity contribution in [2.75, 3.05) is 51.4 Å². The molecular weight excluding hydrogens is 418 g/mol. The van der Waals surface area contributed by atoms with Gasteiger partial charge in [-0.05, 0) is 41.1 Å². The van der Waals surface area contributed by atoms with Gasteiger partial charge >= 0.3 is 0 Å². The SMILES string of the molecule is O=C(/C=C/C1=C(c2cnn(C3COC3)c2)C=CNC1)Nc1ccc(CN2CCOCC2)cc1. The lowest BCUT2D eigenvalue weighted by Crippen LogP contribution is -2.35. The lowest BCUT2D eigenvalue weighted by Gasteiger charge is -2.26. The third-order valence-electron chi connectivity index (χ3n) is 6.08. The third-order valence-corrected chi connectivity index (χ3v) is 6.08. The van der Waals surface area contributed by atoms with Crippen molar-refractivity contribution >= 4 is 17.2 Å². The monoisotopic (exact) mass is 447 g/mol. The van der Waals surface area contributed by atoms with E-state index in [1.807, 2.05) is 47.6 Å². The van der Waals surface area contributed by atoms with E-state index in [4.69, 9.17) is 9.47 Å². The molecule has 0 aliphatic carbocycles. The molecule has 1 aromatic heterocycles. The van der Waals surface area contributed by atoms with Crippen LogP contribution in [0.5, 0.6) is 0 Å². The summed E-state index contributed by atoms with van der Waals surface area (Å²) in [4.78, 5) is 14.9. The summed E-state index contributed by atoms with van der Waals surface area (Å²) >= 11 is 0. The Hall–Kier alpha value is -3.20. The molecular formula is C25H29N5O3. The number of hydrogen-bond acceptors (Lipinski definition) is 6. The van der Waals surface area contributed by atoms with Crippen molar-refractivity contribution in [3.05, 3.63) is 77.8 Å². The van der Waals surface area contributed by atoms with Gasteiger partial charge in [-0.15, -0.1) is 0 Å². The second-order valence-electron chi connectivity index (χ2n) is 8.46. The van der Waals surface area contributed by atoms with Crippen LogP contribution in [0, 0.1) is 0 Å². The quantitative estimate of drug-likeness (QED) is 0.635. The van der Waals surface area contributed by atoms with Gasteiger partial charge in [0.25, 0.3) is 0 Å². The Kier molecular flexibility index (Phi) is 6.66. The van der Waals surface area contributed by atoms with Crippen LogP contribution in [0.3, 0.4) is 0 Å². The van der Waals surface area contributed by atoms with Crippen molar-refractivity contribution in [3.63, 3.8) is 0 Å². The van der Waals surface area contributed by atoms with E-state index < -0.39 is 0 Å². The number of dihydropyridines is 1. The Bertz CT molecular complexity index is 1060. The first-order valence-electron chi connectivity index (χ1n) is 11.4. The topological polar surface area (TPSA) is 80.7 Å². The van der Waals surface area contributed by atoms with Gasteiger partial charge in [0.1, 0.15) is 0 Å². The Balaban J connectivity index is 1.21. The zero-order chi connectivity index (χ0) is 22.5. The summed E-state index contributed by atoms with van der Waals surface area (Å²) in [6, 6.07) is 8.35. The van der Waals surface area contributed by atoms with Crippen LogP contribution in [0.1, 0.15) is 17.2 Å². The summed E-state index contributed by atoms with van der Waals surface area (Å²) in [6.45, 7) is 6.48. The fraction of sp³-hybridized carbons (Fsp3) is 0.360. The second-order valence-corrected chi connectivity index (χ2v) is 8.46. The number of carbonyl (C=O) groups is 1. The van der Waals surface area contributed by atoms with Crippen molar-refractivity contribution in [2.45, 2.75) is 12.6 Å². The maximum Gasteiger partial charge on any atom is 0.248 e. The zero-order valence-electron chi connectivity index (χ0n) is 18.6. The molecule has 0 atom stereocenters. The molecule has 33 heavy (non-hydrogen) atoms. The lowest BCUT2D eigenvalue weighted by molar-refractivity contribution is -0.111. The van der Waals surface area contributed by atoms with E-state index >= 15 is 0 Å². The number of aromatic nitrogens is 2. The van der Waals surface area contributed by atoms with Crippen LogP contribution in [0.4, 0.5) is 5.69 Å². The molecule has 0 spiro atoms. The maximum atomic E-state index is 12.5. The van der Waals surface area contributed by atoms with E-state index in [-0.39, 0.29) is 5.91 Å². The van der Waals surface area contributed by atoms with Gasteiger partial charge in [-0.3, -0.25) is 14.4 Å². The van der Waals surface area contributed by atoms with Gasteiger partial charge in [0.05, 0.1) is 38.7 Å². The molecule has 172 valence electrons. The molecule has 1 aromatic carbocycles. The summed E-state index contributed by atoms with van der Waals surface area (Å²) in [5.41, 5.74) is 5.16. The molecule has 2 fully saturated rings. The van der Waals surface area contributed by atoms with Crippen LogP contribution in [-0.4, -0.2) is 66.6 Å². The summed E-state index contributed by atoms with van der Waals surface area (Å²) in [5.74, 6) is -0.153. The minimum atomic E-state index is -0.153. The van der Waals surface area contributed by atoms with Gasteiger partial charge in [0.2, 0.25) is 5.91 Å². The third kappa shape index (κ3) is 5.42. The largest absolute Gasteiger partial charge is 0.387 e. The standard InChI is InChI=1S/C25H29N5O3/c31-25(28-22-4-1-19(2-5-22)15-29-9-11-32-12-10-29)6-3-20-13-26-8-7-24(20)21-14-27-30(16-21)23-17-33-18-23/h1-8,14,16,23,26H,9-13,15,17-18H2,(H,28,31)/b6-3+. The Morgan fingerprint density at radius 2 is 2.00 bits per heavy atom. The zero-order valence-corrected chi connectivity index (χ0v) is 18.6. The highest BCUT2D eigenvalue weighted by atomic mass is 16.5. The average Bonchev–Trinajstić information content (AvgIpc) is 3.28. The molecule has 3 aliphatic rings. The number of allylic oxidation sites excluding steroid dienone is 2. The highest BCUT2D eigenvalue weighted by molar-refractivity contribution is 6.00. The van der Waals surface area contributed by atoms with Crippen molar-refractivity contribution in [1.29, 1.82) is 0 Å². The predicted molar refractivity (Wildman–Crippen MR) is 126 cm³/mol. The van der Waals surface area contributed by atoms with Crippen LogP contribution in [0.25, 0.3) is 5.57 Å². The molecule has 0 bridgehead atoms. The molecule has 3 aliphatic heterocycles. The number of rotatable bonds is 7. The molecule has 4 heterocycles. The van der Waals surface area contributed by atoms with Crippen molar-refractivity contribution in [3.8, 4) is 0 Å². The van der Waals surface area contributed by atoms with Crippen LogP contribution in [-0.2, 0) is 20.8 Å². The van der Waals surface area contributed by atoms with E-state index in [0.29, 0.717) is 25.8 Å². The molecule has 0 unspecified atom stereocenters. The second kappa shape index (κ2) is 10.2. The van der Waals surface area contributed by atoms with Crippen molar-refractivity contribution < 1.29 is 14.3 Å². The maximum absolute atomic E-state index is 12.5. The molecule has 2 N–H and O–H groups in total. The number of amides is 1. The Morgan fingerprint density at radius 3 is 2.76 bits per heavy atom. The Labute approximate surface area is 193 Å². The molecule has 8 nitrogen and oxygen atoms in total. The normalized spacial score (nSPS) is 19.5. The molecule has 5 rings (SSSR count). The molecule has 2 aromatic rings. The number of anilines is 1. The molecule has 0 radical (unpaired) electrons. The Morgan fingerprint density at radius 1 is 1.18 bits per heavy atom. The van der Waals surface area contributed by atoms with Gasteiger partial charge in [0, 0.05) is 49.7 Å². The van der Waals surface area contributed by atoms with Gasteiger partial charge in [-0.1, -0.05) is 18.2 Å². The molecule has 2 saturated heterocycles. The predicted octanol–water partition coefficient (Wildman–Crippen LogP) is 2.35. The summed E-state index contributed by atoms with van der Waals surface area (Å²) < 4.78 is 12.6. The number of ether oxygens (including phenoxy) is 2. The van der Waals surface area contributed by atoms with Gasteiger partial charge < -0.3 is 20.1 Å². The van der Waals surface area contributed by atoms with E-state index in [0.717, 1.165) is 55.2 Å². The number of hydrogen-bond donors (Lipinski definition) is 2. The highest BCUT2D eigenvalue weighted by Gasteiger charge is 2.22. The van der Waals surface area contributed by atoms with Crippen LogP contribution in [0.15, 0.2) is 66.7 Å². The highest BCUT2D eigenvalue weighted by Crippen LogP contribution is 2.25. The van der Waals surface area contributed by atoms with Crippen LogP contribution in [0.2, 0.25) is 0 Å². The molecule has 1 amide bonds. The summed E-state index contributed by atoms with van der Waals surface area (Å²) in [7, 11) is 0. The number of carbonyl (C=O) groups excluding carboxylic acids is 1. The summed E-state index contributed by atoms with van der Waals surface area (Å²) in [6.07, 6.45) is 11.3. The number of morpholine rings is 1. The number of nitrogens with zero attached hydrogens (tertiary/aromatic N) is 3. The van der Waals surface area contributed by atoms with Crippen molar-refractivity contribution in [1.82, 2.24) is 20.0 Å². The van der Waals surface area contributed by atoms with Crippen LogP contribution >= 0.6 is 0 Å². The first-order chi connectivity index (χ1) is 16.2. The number of benzene rings is 1. The number of nitrogens with one attached hydrogen (secondary N) is 2.